The fraction of sp³-hybridized carbons (Fsp3) is 0.205. The molecule has 55 heavy (non-hydrogen) atoms. The third-order valence-corrected chi connectivity index (χ3v) is 12.1. The normalized spacial score (nSPS) is 25.8. The van der Waals surface area contributed by atoms with Gasteiger partial charge in [0.25, 0.3) is 11.8 Å². The van der Waals surface area contributed by atoms with Crippen LogP contribution in [0.3, 0.4) is 0 Å². The van der Waals surface area contributed by atoms with Gasteiger partial charge in [-0.3, -0.25) is 24.6 Å². The summed E-state index contributed by atoms with van der Waals surface area (Å²) in [7, 11) is 0. The lowest BCUT2D eigenvalue weighted by Gasteiger charge is -2.50. The van der Waals surface area contributed by atoms with Crippen LogP contribution >= 0.6 is 0 Å². The minimum Gasteiger partial charge on any atom is -0.507 e. The number of benzene rings is 5. The maximum atomic E-state index is 15.4. The van der Waals surface area contributed by atoms with Crippen LogP contribution in [0.15, 0.2) is 121 Å². The highest BCUT2D eigenvalue weighted by molar-refractivity contribution is 6.23. The number of aryl methyl sites for hydroxylation is 1. The number of aromatic carboxylic acids is 1. The molecule has 4 aliphatic rings. The molecule has 274 valence electrons. The molecule has 2 aliphatic carbocycles. The summed E-state index contributed by atoms with van der Waals surface area (Å²) in [5, 5.41) is 34.5. The minimum absolute atomic E-state index is 0.0345. The number of imide groups is 2. The molecule has 3 fully saturated rings. The van der Waals surface area contributed by atoms with Crippen LogP contribution < -0.4 is 10.3 Å². The first-order valence-electron chi connectivity index (χ1n) is 18.1. The molecule has 0 radical (unpaired) electrons. The first-order valence-corrected chi connectivity index (χ1v) is 18.1. The van der Waals surface area contributed by atoms with Gasteiger partial charge in [-0.15, -0.1) is 0 Å². The van der Waals surface area contributed by atoms with E-state index in [0.717, 1.165) is 33.0 Å². The smallest absolute Gasteiger partial charge is 0.339 e. The average Bonchev–Trinajstić information content (AvgIpc) is 3.57. The fourth-order valence-electron chi connectivity index (χ4n) is 9.69. The number of phenolic OH excluding ortho intramolecular Hbond substituents is 1. The van der Waals surface area contributed by atoms with Gasteiger partial charge in [0, 0.05) is 22.9 Å². The van der Waals surface area contributed by atoms with Gasteiger partial charge in [-0.1, -0.05) is 96.1 Å². The summed E-state index contributed by atoms with van der Waals surface area (Å²) in [5.41, 5.74) is 4.38. The van der Waals surface area contributed by atoms with Gasteiger partial charge in [-0.2, -0.15) is 5.01 Å². The van der Waals surface area contributed by atoms with Gasteiger partial charge in [0.1, 0.15) is 17.1 Å². The second kappa shape index (κ2) is 12.4. The first-order chi connectivity index (χ1) is 26.5. The number of anilines is 2. The van der Waals surface area contributed by atoms with Crippen molar-refractivity contribution in [3.63, 3.8) is 0 Å². The molecule has 11 nitrogen and oxygen atoms in total. The Bertz CT molecular complexity index is 2510. The van der Waals surface area contributed by atoms with Crippen molar-refractivity contribution in [1.82, 2.24) is 5.01 Å². The number of hydrazine groups is 1. The molecule has 1 saturated carbocycles. The van der Waals surface area contributed by atoms with Crippen molar-refractivity contribution >= 4 is 51.7 Å². The molecule has 2 heterocycles. The van der Waals surface area contributed by atoms with Gasteiger partial charge in [0.05, 0.1) is 34.5 Å². The SMILES string of the molecule is Cc1ccc(NN2C(=O)C3CC4C(=CCC5C(=O)N(c6ccc(C(=O)O)c(O)c6)C(=O)C54)C(c4ccc5ccccc5c4O)C3(c3ccccc3)C2=O)cc1. The van der Waals surface area contributed by atoms with Gasteiger partial charge in [0.2, 0.25) is 11.8 Å². The molecule has 0 aromatic heterocycles. The van der Waals surface area contributed by atoms with E-state index in [1.807, 2.05) is 79.7 Å². The molecule has 4 amide bonds. The van der Waals surface area contributed by atoms with Crippen LogP contribution in [-0.2, 0) is 24.6 Å². The summed E-state index contributed by atoms with van der Waals surface area (Å²) in [5.74, 6) is -8.44. The van der Waals surface area contributed by atoms with E-state index < -0.39 is 70.4 Å². The molecule has 6 unspecified atom stereocenters. The molecular formula is C44H35N3O8. The van der Waals surface area contributed by atoms with E-state index in [-0.39, 0.29) is 29.8 Å². The maximum absolute atomic E-state index is 15.4. The number of nitrogens with one attached hydrogen (secondary N) is 1. The predicted octanol–water partition coefficient (Wildman–Crippen LogP) is 6.45. The Morgan fingerprint density at radius 2 is 1.53 bits per heavy atom. The zero-order valence-corrected chi connectivity index (χ0v) is 29.5. The van der Waals surface area contributed by atoms with Crippen LogP contribution in [0, 0.1) is 30.6 Å². The van der Waals surface area contributed by atoms with Crippen molar-refractivity contribution in [3.05, 3.63) is 143 Å². The van der Waals surface area contributed by atoms with E-state index in [9.17, 15) is 34.5 Å². The van der Waals surface area contributed by atoms with Crippen LogP contribution in [0.1, 0.15) is 45.8 Å². The topological polar surface area (TPSA) is 165 Å². The number of amides is 4. The van der Waals surface area contributed by atoms with E-state index >= 15 is 4.79 Å². The predicted molar refractivity (Wildman–Crippen MR) is 202 cm³/mol. The van der Waals surface area contributed by atoms with Crippen LogP contribution in [0.4, 0.5) is 11.4 Å². The van der Waals surface area contributed by atoms with E-state index in [4.69, 9.17) is 0 Å². The molecule has 5 aromatic carbocycles. The van der Waals surface area contributed by atoms with Crippen molar-refractivity contribution in [3.8, 4) is 11.5 Å². The molecule has 0 spiro atoms. The zero-order valence-electron chi connectivity index (χ0n) is 29.5. The molecular weight excluding hydrogens is 698 g/mol. The summed E-state index contributed by atoms with van der Waals surface area (Å²) in [4.78, 5) is 71.6. The third-order valence-electron chi connectivity index (χ3n) is 12.1. The van der Waals surface area contributed by atoms with Gasteiger partial charge in [0.15, 0.2) is 0 Å². The third kappa shape index (κ3) is 4.85. The Morgan fingerprint density at radius 3 is 2.25 bits per heavy atom. The number of hydrogen-bond acceptors (Lipinski definition) is 8. The van der Waals surface area contributed by atoms with Crippen molar-refractivity contribution in [2.75, 3.05) is 10.3 Å². The van der Waals surface area contributed by atoms with Crippen LogP contribution in [-0.4, -0.2) is 49.9 Å². The van der Waals surface area contributed by atoms with Crippen molar-refractivity contribution < 1.29 is 39.3 Å². The molecule has 9 rings (SSSR count). The second-order valence-electron chi connectivity index (χ2n) is 14.8. The number of hydrogen-bond donors (Lipinski definition) is 4. The van der Waals surface area contributed by atoms with Gasteiger partial charge in [-0.05, 0) is 60.9 Å². The van der Waals surface area contributed by atoms with Crippen LogP contribution in [0.5, 0.6) is 11.5 Å². The summed E-state index contributed by atoms with van der Waals surface area (Å²) in [6, 6.07) is 30.9. The minimum atomic E-state index is -1.56. The summed E-state index contributed by atoms with van der Waals surface area (Å²) in [6.07, 6.45) is 2.10. The average molecular weight is 734 g/mol. The van der Waals surface area contributed by atoms with Gasteiger partial charge >= 0.3 is 5.97 Å². The summed E-state index contributed by atoms with van der Waals surface area (Å²) in [6.45, 7) is 1.93. The Kier molecular flexibility index (Phi) is 7.68. The number of fused-ring (bicyclic) bond motifs is 5. The number of carbonyl (C=O) groups is 5. The van der Waals surface area contributed by atoms with Gasteiger partial charge < -0.3 is 15.3 Å². The number of nitrogens with zero attached hydrogens (tertiary/aromatic N) is 2. The molecule has 6 atom stereocenters. The number of carboxylic acid groups (broad SMARTS) is 1. The molecule has 2 aliphatic heterocycles. The lowest BCUT2D eigenvalue weighted by molar-refractivity contribution is -0.138. The standard InChI is InChI=1S/C44H35N3O8/c1-23-11-14-26(15-12-23)45-47-40(51)34-22-33-29(19-20-31-36(33)41(52)46(39(31)50)27-16-18-30(42(53)54)35(48)21-27)37(44(34,43(47)55)25-8-3-2-4-9-25)32-17-13-24-7-5-6-10-28(24)38(32)49/h2-19,21,31,33-34,36-37,45,48-49H,20,22H2,1H3,(H,53,54). The monoisotopic (exact) mass is 733 g/mol. The molecule has 4 N–H and O–H groups in total. The Morgan fingerprint density at radius 1 is 0.800 bits per heavy atom. The second-order valence-corrected chi connectivity index (χ2v) is 14.8. The maximum Gasteiger partial charge on any atom is 0.339 e. The van der Waals surface area contributed by atoms with Crippen molar-refractivity contribution in [2.45, 2.75) is 31.1 Å². The molecule has 11 heteroatoms. The number of carbonyl (C=O) groups excluding carboxylic acids is 4. The van der Waals surface area contributed by atoms with E-state index in [1.165, 1.54) is 6.07 Å². The largest absolute Gasteiger partial charge is 0.507 e. The van der Waals surface area contributed by atoms with E-state index in [0.29, 0.717) is 27.8 Å². The number of aromatic hydroxyl groups is 2. The highest BCUT2D eigenvalue weighted by Gasteiger charge is 2.70. The molecule has 0 bridgehead atoms. The zero-order chi connectivity index (χ0) is 38.3. The highest BCUT2D eigenvalue weighted by Crippen LogP contribution is 2.65. The first kappa shape index (κ1) is 34.0. The summed E-state index contributed by atoms with van der Waals surface area (Å²) >= 11 is 0. The summed E-state index contributed by atoms with van der Waals surface area (Å²) < 4.78 is 0. The van der Waals surface area contributed by atoms with Crippen LogP contribution in [0.2, 0.25) is 0 Å². The highest BCUT2D eigenvalue weighted by atomic mass is 16.4. The molecule has 5 aromatic rings. The number of carboxylic acids is 1. The van der Waals surface area contributed by atoms with Crippen molar-refractivity contribution in [2.24, 2.45) is 23.7 Å². The molecule has 2 saturated heterocycles. The number of rotatable bonds is 6. The van der Waals surface area contributed by atoms with Crippen LogP contribution in [0.25, 0.3) is 10.8 Å². The van der Waals surface area contributed by atoms with Crippen molar-refractivity contribution in [1.29, 1.82) is 0 Å². The lowest BCUT2D eigenvalue weighted by atomic mass is 9.49. The lowest BCUT2D eigenvalue weighted by Crippen LogP contribution is -2.53. The Balaban J connectivity index is 1.24. The van der Waals surface area contributed by atoms with Gasteiger partial charge in [-0.25, -0.2) is 9.69 Å². The van der Waals surface area contributed by atoms with E-state index in [1.54, 1.807) is 24.3 Å². The fourth-order valence-corrected chi connectivity index (χ4v) is 9.69. The Labute approximate surface area is 315 Å². The van der Waals surface area contributed by atoms with E-state index in [2.05, 4.69) is 5.43 Å². The number of phenols is 2. The quantitative estimate of drug-likeness (QED) is 0.113. The number of allylic oxidation sites excluding steroid dienone is 2. The Hall–Kier alpha value is -6.75.